The van der Waals surface area contributed by atoms with Gasteiger partial charge in [0.15, 0.2) is 0 Å². The fraction of sp³-hybridized carbons (Fsp3) is 0.471. The van der Waals surface area contributed by atoms with Crippen LogP contribution in [0.2, 0.25) is 0 Å². The van der Waals surface area contributed by atoms with Crippen molar-refractivity contribution >= 4 is 27.3 Å². The summed E-state index contributed by atoms with van der Waals surface area (Å²) in [6.07, 6.45) is 2.78. The van der Waals surface area contributed by atoms with E-state index >= 15 is 0 Å². The molecule has 2 saturated heterocycles. The van der Waals surface area contributed by atoms with Crippen LogP contribution < -0.4 is 0 Å². The van der Waals surface area contributed by atoms with E-state index in [2.05, 4.69) is 19.1 Å². The minimum absolute atomic E-state index is 0.189. The Morgan fingerprint density at radius 2 is 2.24 bits per heavy atom. The smallest absolute Gasteiger partial charge is 0.263 e. The number of thiophene rings is 1. The van der Waals surface area contributed by atoms with Crippen LogP contribution in [0, 0.1) is 5.92 Å². The van der Waals surface area contributed by atoms with E-state index in [1.165, 1.54) is 10.1 Å². The maximum atomic E-state index is 12.7. The molecule has 2 aliphatic rings. The van der Waals surface area contributed by atoms with Crippen LogP contribution in [0.25, 0.3) is 10.1 Å². The molecule has 1 aromatic carbocycles. The Morgan fingerprint density at radius 1 is 1.38 bits per heavy atom. The van der Waals surface area contributed by atoms with E-state index in [9.17, 15) is 4.79 Å². The van der Waals surface area contributed by atoms with Crippen molar-refractivity contribution in [1.29, 1.82) is 0 Å². The Hall–Kier alpha value is -1.39. The first-order valence-corrected chi connectivity index (χ1v) is 8.45. The minimum Gasteiger partial charge on any atom is -0.375 e. The van der Waals surface area contributed by atoms with E-state index in [4.69, 9.17) is 4.74 Å². The van der Waals surface area contributed by atoms with Crippen LogP contribution in [-0.4, -0.2) is 36.1 Å². The van der Waals surface area contributed by atoms with E-state index < -0.39 is 0 Å². The fourth-order valence-corrected chi connectivity index (χ4v) is 4.65. The number of carbonyl (C=O) groups excluding carboxylic acids is 1. The van der Waals surface area contributed by atoms with Gasteiger partial charge in [-0.3, -0.25) is 4.79 Å². The number of rotatable bonds is 1. The van der Waals surface area contributed by atoms with Crippen LogP contribution in [-0.2, 0) is 4.74 Å². The average molecular weight is 301 g/mol. The molecule has 0 spiro atoms. The number of ether oxygens (including phenoxy) is 1. The molecule has 2 fully saturated rings. The molecule has 0 radical (unpaired) electrons. The van der Waals surface area contributed by atoms with Gasteiger partial charge in [-0.1, -0.05) is 18.2 Å². The van der Waals surface area contributed by atoms with Crippen LogP contribution in [0.5, 0.6) is 0 Å². The average Bonchev–Trinajstić information content (AvgIpc) is 3.07. The molecule has 0 saturated carbocycles. The molecule has 1 amide bonds. The molecule has 2 aliphatic heterocycles. The zero-order valence-corrected chi connectivity index (χ0v) is 12.9. The van der Waals surface area contributed by atoms with Crippen molar-refractivity contribution in [2.24, 2.45) is 5.92 Å². The zero-order valence-electron chi connectivity index (χ0n) is 12.1. The van der Waals surface area contributed by atoms with Gasteiger partial charge in [-0.25, -0.2) is 0 Å². The van der Waals surface area contributed by atoms with Gasteiger partial charge in [-0.15, -0.1) is 11.3 Å². The largest absolute Gasteiger partial charge is 0.375 e. The van der Waals surface area contributed by atoms with E-state index in [1.807, 2.05) is 23.1 Å². The summed E-state index contributed by atoms with van der Waals surface area (Å²) in [5.74, 6) is 0.710. The van der Waals surface area contributed by atoms with Crippen molar-refractivity contribution < 1.29 is 9.53 Å². The molecule has 1 aromatic heterocycles. The summed E-state index contributed by atoms with van der Waals surface area (Å²) in [7, 11) is 0. The van der Waals surface area contributed by atoms with Gasteiger partial charge in [0.1, 0.15) is 0 Å². The summed E-state index contributed by atoms with van der Waals surface area (Å²) in [5.41, 5.74) is 0. The third-order valence-electron chi connectivity index (χ3n) is 4.63. The molecular weight excluding hydrogens is 282 g/mol. The molecule has 3 heterocycles. The number of fused-ring (bicyclic) bond motifs is 2. The molecule has 4 heteroatoms. The lowest BCUT2D eigenvalue weighted by Crippen LogP contribution is -2.44. The van der Waals surface area contributed by atoms with Crippen molar-refractivity contribution in [3.8, 4) is 0 Å². The molecule has 3 nitrogen and oxygen atoms in total. The first-order chi connectivity index (χ1) is 10.2. The van der Waals surface area contributed by atoms with Gasteiger partial charge in [0, 0.05) is 23.7 Å². The molecule has 0 unspecified atom stereocenters. The lowest BCUT2D eigenvalue weighted by atomic mass is 9.93. The summed E-state index contributed by atoms with van der Waals surface area (Å²) < 4.78 is 7.10. The second-order valence-corrected chi connectivity index (χ2v) is 7.25. The number of benzene rings is 1. The van der Waals surface area contributed by atoms with Crippen molar-refractivity contribution in [2.45, 2.75) is 32.0 Å². The highest BCUT2D eigenvalue weighted by Crippen LogP contribution is 2.34. The van der Waals surface area contributed by atoms with Crippen LogP contribution in [0.15, 0.2) is 30.3 Å². The molecule has 21 heavy (non-hydrogen) atoms. The number of piperidine rings is 1. The molecule has 110 valence electrons. The van der Waals surface area contributed by atoms with Crippen LogP contribution >= 0.6 is 11.3 Å². The summed E-state index contributed by atoms with van der Waals surface area (Å²) in [5, 5.41) is 1.17. The van der Waals surface area contributed by atoms with E-state index in [1.54, 1.807) is 11.3 Å². The van der Waals surface area contributed by atoms with E-state index in [0.29, 0.717) is 18.1 Å². The number of hydrogen-bond acceptors (Lipinski definition) is 3. The first kappa shape index (κ1) is 13.3. The first-order valence-electron chi connectivity index (χ1n) is 7.64. The van der Waals surface area contributed by atoms with Gasteiger partial charge < -0.3 is 9.64 Å². The van der Waals surface area contributed by atoms with E-state index in [0.717, 1.165) is 30.8 Å². The number of carbonyl (C=O) groups is 1. The molecule has 0 aliphatic carbocycles. The molecule has 0 bridgehead atoms. The SMILES string of the molecule is C[C@H]1C[C@H]2CN(C(=O)c3cc4ccccc4s3)CC[C@@H]2O1. The topological polar surface area (TPSA) is 29.5 Å². The van der Waals surface area contributed by atoms with Crippen molar-refractivity contribution in [3.63, 3.8) is 0 Å². The Labute approximate surface area is 128 Å². The number of hydrogen-bond donors (Lipinski definition) is 0. The number of likely N-dealkylation sites (tertiary alicyclic amines) is 1. The van der Waals surface area contributed by atoms with Gasteiger partial charge in [0.25, 0.3) is 5.91 Å². The van der Waals surface area contributed by atoms with Gasteiger partial charge in [-0.05, 0) is 37.3 Å². The van der Waals surface area contributed by atoms with Gasteiger partial charge >= 0.3 is 0 Å². The third-order valence-corrected chi connectivity index (χ3v) is 5.73. The molecule has 2 aromatic rings. The monoisotopic (exact) mass is 301 g/mol. The predicted octanol–water partition coefficient (Wildman–Crippen LogP) is 3.54. The summed E-state index contributed by atoms with van der Waals surface area (Å²) >= 11 is 1.60. The Balaban J connectivity index is 1.54. The normalized spacial score (nSPS) is 28.8. The second-order valence-electron chi connectivity index (χ2n) is 6.17. The van der Waals surface area contributed by atoms with Crippen LogP contribution in [0.3, 0.4) is 0 Å². The summed E-state index contributed by atoms with van der Waals surface area (Å²) in [4.78, 5) is 15.6. The molecular formula is C17H19NO2S. The lowest BCUT2D eigenvalue weighted by Gasteiger charge is -2.33. The molecule has 0 N–H and O–H groups in total. The summed E-state index contributed by atoms with van der Waals surface area (Å²) in [6, 6.07) is 10.2. The second kappa shape index (κ2) is 5.11. The van der Waals surface area contributed by atoms with Gasteiger partial charge in [0.05, 0.1) is 17.1 Å². The highest BCUT2D eigenvalue weighted by Gasteiger charge is 2.38. The van der Waals surface area contributed by atoms with Gasteiger partial charge in [-0.2, -0.15) is 0 Å². The molecule has 3 atom stereocenters. The van der Waals surface area contributed by atoms with E-state index in [-0.39, 0.29) is 5.91 Å². The Kier molecular flexibility index (Phi) is 3.23. The van der Waals surface area contributed by atoms with Crippen LogP contribution in [0.1, 0.15) is 29.4 Å². The zero-order chi connectivity index (χ0) is 14.4. The Morgan fingerprint density at radius 3 is 3.10 bits per heavy atom. The lowest BCUT2D eigenvalue weighted by molar-refractivity contribution is 0.00878. The fourth-order valence-electron chi connectivity index (χ4n) is 3.62. The highest BCUT2D eigenvalue weighted by molar-refractivity contribution is 7.20. The van der Waals surface area contributed by atoms with Gasteiger partial charge in [0.2, 0.25) is 0 Å². The quantitative estimate of drug-likeness (QED) is 0.806. The Bertz CT molecular complexity index is 647. The van der Waals surface area contributed by atoms with Crippen molar-refractivity contribution in [2.75, 3.05) is 13.1 Å². The standard InChI is InChI=1S/C17H19NO2S/c1-11-8-13-10-18(7-6-14(13)20-11)17(19)16-9-12-4-2-3-5-15(12)21-16/h2-5,9,11,13-14H,6-8,10H2,1H3/t11-,13-,14-/m0/s1. The molecule has 4 rings (SSSR count). The van der Waals surface area contributed by atoms with Crippen molar-refractivity contribution in [3.05, 3.63) is 35.2 Å². The minimum atomic E-state index is 0.189. The maximum absolute atomic E-state index is 12.7. The van der Waals surface area contributed by atoms with Crippen molar-refractivity contribution in [1.82, 2.24) is 4.90 Å². The summed E-state index contributed by atoms with van der Waals surface area (Å²) in [6.45, 7) is 3.81. The third kappa shape index (κ3) is 2.36. The maximum Gasteiger partial charge on any atom is 0.263 e. The highest BCUT2D eigenvalue weighted by atomic mass is 32.1. The number of amides is 1. The van der Waals surface area contributed by atoms with Crippen LogP contribution in [0.4, 0.5) is 0 Å². The number of nitrogens with zero attached hydrogens (tertiary/aromatic N) is 1. The predicted molar refractivity (Wildman–Crippen MR) is 84.8 cm³/mol.